The summed E-state index contributed by atoms with van der Waals surface area (Å²) in [5.41, 5.74) is 1.25. The van der Waals surface area contributed by atoms with Crippen molar-refractivity contribution in [2.75, 3.05) is 26.2 Å². The van der Waals surface area contributed by atoms with E-state index in [1.54, 1.807) is 6.07 Å². The van der Waals surface area contributed by atoms with Gasteiger partial charge in [0.05, 0.1) is 5.02 Å². The zero-order valence-electron chi connectivity index (χ0n) is 11.1. The van der Waals surface area contributed by atoms with Gasteiger partial charge in [-0.25, -0.2) is 0 Å². The van der Waals surface area contributed by atoms with E-state index in [1.165, 1.54) is 24.8 Å². The molecule has 2 N–H and O–H groups in total. The number of benzene rings is 1. The number of piperazine rings is 1. The highest BCUT2D eigenvalue weighted by molar-refractivity contribution is 6.32. The average Bonchev–Trinajstić information content (AvgIpc) is 3.24. The lowest BCUT2D eigenvalue weighted by atomic mass is 9.98. The molecule has 0 unspecified atom stereocenters. The highest BCUT2D eigenvalue weighted by atomic mass is 35.5. The standard InChI is InChI=1S/C15H21ClN2O/c16-13-10-12(3-4-15(13)19)14(9-11-1-2-11)18-7-5-17-6-8-18/h3-4,10-11,14,17,19H,1-2,5-9H2/t14-/m1/s1. The molecule has 1 aliphatic carbocycles. The Morgan fingerprint density at radius 1 is 1.32 bits per heavy atom. The Kier molecular flexibility index (Phi) is 3.96. The van der Waals surface area contributed by atoms with Crippen LogP contribution in [0.15, 0.2) is 18.2 Å². The molecule has 3 nitrogen and oxygen atoms in total. The summed E-state index contributed by atoms with van der Waals surface area (Å²) in [4.78, 5) is 2.55. The summed E-state index contributed by atoms with van der Waals surface area (Å²) >= 11 is 6.07. The second-order valence-electron chi connectivity index (χ2n) is 5.69. The van der Waals surface area contributed by atoms with Gasteiger partial charge in [0.25, 0.3) is 0 Å². The van der Waals surface area contributed by atoms with E-state index in [1.807, 2.05) is 12.1 Å². The molecule has 0 amide bonds. The molecule has 4 heteroatoms. The zero-order chi connectivity index (χ0) is 13.2. The van der Waals surface area contributed by atoms with Crippen molar-refractivity contribution in [1.29, 1.82) is 0 Å². The van der Waals surface area contributed by atoms with E-state index in [0.717, 1.165) is 32.1 Å². The molecule has 1 aromatic carbocycles. The van der Waals surface area contributed by atoms with E-state index in [2.05, 4.69) is 10.2 Å². The van der Waals surface area contributed by atoms with Crippen molar-refractivity contribution in [2.24, 2.45) is 5.92 Å². The SMILES string of the molecule is Oc1ccc([C@@H](CC2CC2)N2CCNCC2)cc1Cl. The van der Waals surface area contributed by atoms with Gasteiger partial charge in [-0.2, -0.15) is 0 Å². The van der Waals surface area contributed by atoms with Gasteiger partial charge < -0.3 is 10.4 Å². The number of nitrogens with one attached hydrogen (secondary N) is 1. The summed E-state index contributed by atoms with van der Waals surface area (Å²) in [6.07, 6.45) is 3.96. The van der Waals surface area contributed by atoms with E-state index >= 15 is 0 Å². The number of phenolic OH excluding ortho intramolecular Hbond substituents is 1. The molecule has 3 rings (SSSR count). The highest BCUT2D eigenvalue weighted by Gasteiger charge is 2.30. The predicted molar refractivity (Wildman–Crippen MR) is 77.6 cm³/mol. The van der Waals surface area contributed by atoms with E-state index in [4.69, 9.17) is 11.6 Å². The summed E-state index contributed by atoms with van der Waals surface area (Å²) in [6.45, 7) is 4.31. The third-order valence-electron chi connectivity index (χ3n) is 4.20. The molecule has 0 spiro atoms. The molecular weight excluding hydrogens is 260 g/mol. The van der Waals surface area contributed by atoms with Crippen LogP contribution < -0.4 is 5.32 Å². The number of hydrogen-bond donors (Lipinski definition) is 2. The van der Waals surface area contributed by atoms with Crippen molar-refractivity contribution in [1.82, 2.24) is 10.2 Å². The van der Waals surface area contributed by atoms with Crippen molar-refractivity contribution in [3.8, 4) is 5.75 Å². The Morgan fingerprint density at radius 3 is 2.68 bits per heavy atom. The van der Waals surface area contributed by atoms with Crippen LogP contribution in [0.5, 0.6) is 5.75 Å². The fourth-order valence-electron chi connectivity index (χ4n) is 2.89. The van der Waals surface area contributed by atoms with Crippen LogP contribution >= 0.6 is 11.6 Å². The molecule has 104 valence electrons. The molecule has 1 saturated carbocycles. The quantitative estimate of drug-likeness (QED) is 0.890. The molecule has 2 fully saturated rings. The van der Waals surface area contributed by atoms with Gasteiger partial charge in [-0.15, -0.1) is 0 Å². The van der Waals surface area contributed by atoms with Gasteiger partial charge in [0.1, 0.15) is 5.75 Å². The van der Waals surface area contributed by atoms with Crippen molar-refractivity contribution < 1.29 is 5.11 Å². The molecule has 1 saturated heterocycles. The Bertz CT molecular complexity index is 442. The average molecular weight is 281 g/mol. The van der Waals surface area contributed by atoms with Gasteiger partial charge >= 0.3 is 0 Å². The van der Waals surface area contributed by atoms with E-state index in [0.29, 0.717) is 11.1 Å². The summed E-state index contributed by atoms with van der Waals surface area (Å²) in [7, 11) is 0. The smallest absolute Gasteiger partial charge is 0.134 e. The van der Waals surface area contributed by atoms with Crippen molar-refractivity contribution in [3.05, 3.63) is 28.8 Å². The Labute approximate surface area is 119 Å². The van der Waals surface area contributed by atoms with Crippen LogP contribution in [0.1, 0.15) is 30.9 Å². The largest absolute Gasteiger partial charge is 0.506 e. The third-order valence-corrected chi connectivity index (χ3v) is 4.51. The van der Waals surface area contributed by atoms with Gasteiger partial charge in [-0.1, -0.05) is 30.5 Å². The summed E-state index contributed by atoms with van der Waals surface area (Å²) in [5, 5.41) is 13.4. The number of halogens is 1. The topological polar surface area (TPSA) is 35.5 Å². The Balaban J connectivity index is 1.81. The van der Waals surface area contributed by atoms with Crippen LogP contribution in [-0.2, 0) is 0 Å². The minimum Gasteiger partial charge on any atom is -0.506 e. The van der Waals surface area contributed by atoms with Gasteiger partial charge in [-0.3, -0.25) is 4.90 Å². The maximum atomic E-state index is 9.57. The molecule has 19 heavy (non-hydrogen) atoms. The summed E-state index contributed by atoms with van der Waals surface area (Å²) in [6, 6.07) is 6.13. The predicted octanol–water partition coefficient (Wildman–Crippen LogP) is 2.79. The van der Waals surface area contributed by atoms with Crippen LogP contribution in [-0.4, -0.2) is 36.2 Å². The summed E-state index contributed by atoms with van der Waals surface area (Å²) < 4.78 is 0. The first-order valence-corrected chi connectivity index (χ1v) is 7.55. The first-order valence-electron chi connectivity index (χ1n) is 7.17. The molecular formula is C15H21ClN2O. The fraction of sp³-hybridized carbons (Fsp3) is 0.600. The number of phenols is 1. The van der Waals surface area contributed by atoms with Crippen molar-refractivity contribution >= 4 is 11.6 Å². The normalized spacial score (nSPS) is 22.4. The summed E-state index contributed by atoms with van der Waals surface area (Å²) in [5.74, 6) is 1.06. The fourth-order valence-corrected chi connectivity index (χ4v) is 3.08. The van der Waals surface area contributed by atoms with Crippen LogP contribution in [0, 0.1) is 5.92 Å². The van der Waals surface area contributed by atoms with Gasteiger partial charge in [-0.05, 0) is 30.0 Å². The van der Waals surface area contributed by atoms with Crippen LogP contribution in [0.2, 0.25) is 5.02 Å². The Morgan fingerprint density at radius 2 is 2.05 bits per heavy atom. The van der Waals surface area contributed by atoms with Crippen LogP contribution in [0.3, 0.4) is 0 Å². The van der Waals surface area contributed by atoms with E-state index < -0.39 is 0 Å². The monoisotopic (exact) mass is 280 g/mol. The molecule has 0 radical (unpaired) electrons. The number of aromatic hydroxyl groups is 1. The molecule has 1 heterocycles. The minimum atomic E-state index is 0.177. The van der Waals surface area contributed by atoms with Crippen LogP contribution in [0.4, 0.5) is 0 Å². The first-order chi connectivity index (χ1) is 9.24. The maximum Gasteiger partial charge on any atom is 0.134 e. The second-order valence-corrected chi connectivity index (χ2v) is 6.10. The Hall–Kier alpha value is -0.770. The minimum absolute atomic E-state index is 0.177. The molecule has 2 aliphatic rings. The molecule has 1 aliphatic heterocycles. The molecule has 0 bridgehead atoms. The lowest BCUT2D eigenvalue weighted by Gasteiger charge is -2.35. The molecule has 1 aromatic rings. The number of hydrogen-bond acceptors (Lipinski definition) is 3. The first kappa shape index (κ1) is 13.2. The number of rotatable bonds is 4. The highest BCUT2D eigenvalue weighted by Crippen LogP contribution is 2.41. The van der Waals surface area contributed by atoms with Crippen LogP contribution in [0.25, 0.3) is 0 Å². The van der Waals surface area contributed by atoms with E-state index in [-0.39, 0.29) is 5.75 Å². The maximum absolute atomic E-state index is 9.57. The molecule has 0 aromatic heterocycles. The van der Waals surface area contributed by atoms with Crippen molar-refractivity contribution in [3.63, 3.8) is 0 Å². The lowest BCUT2D eigenvalue weighted by molar-refractivity contribution is 0.160. The lowest BCUT2D eigenvalue weighted by Crippen LogP contribution is -2.45. The van der Waals surface area contributed by atoms with Crippen molar-refractivity contribution in [2.45, 2.75) is 25.3 Å². The third kappa shape index (κ3) is 3.22. The van der Waals surface area contributed by atoms with E-state index in [9.17, 15) is 5.11 Å². The zero-order valence-corrected chi connectivity index (χ0v) is 11.9. The number of nitrogens with zero attached hydrogens (tertiary/aromatic N) is 1. The molecule has 1 atom stereocenters. The van der Waals surface area contributed by atoms with Gasteiger partial charge in [0.15, 0.2) is 0 Å². The van der Waals surface area contributed by atoms with Gasteiger partial charge in [0, 0.05) is 32.2 Å². The second kappa shape index (κ2) is 5.70. The van der Waals surface area contributed by atoms with Gasteiger partial charge in [0.2, 0.25) is 0 Å².